The summed E-state index contributed by atoms with van der Waals surface area (Å²) in [6.07, 6.45) is 5.41. The molecule has 1 aliphatic heterocycles. The molecule has 2 fully saturated rings. The van der Waals surface area contributed by atoms with Gasteiger partial charge >= 0.3 is 0 Å². The van der Waals surface area contributed by atoms with E-state index in [1.807, 2.05) is 0 Å². The Bertz CT molecular complexity index is 231. The Labute approximate surface area is 101 Å². The molecule has 0 aromatic carbocycles. The lowest BCUT2D eigenvalue weighted by Crippen LogP contribution is -2.56. The molecular formula is C14H28N2. The molecule has 0 amide bonds. The first kappa shape index (κ1) is 12.4. The van der Waals surface area contributed by atoms with Gasteiger partial charge in [-0.3, -0.25) is 4.90 Å². The SMILES string of the molecule is CC1CC(C)CN(C2(CN)CCC(C)C2)C1. The van der Waals surface area contributed by atoms with Crippen molar-refractivity contribution in [3.8, 4) is 0 Å². The van der Waals surface area contributed by atoms with Crippen LogP contribution in [0.5, 0.6) is 0 Å². The van der Waals surface area contributed by atoms with Gasteiger partial charge < -0.3 is 5.73 Å². The molecule has 2 N–H and O–H groups in total. The van der Waals surface area contributed by atoms with Gasteiger partial charge in [-0.2, -0.15) is 0 Å². The van der Waals surface area contributed by atoms with E-state index < -0.39 is 0 Å². The van der Waals surface area contributed by atoms with Gasteiger partial charge in [0.25, 0.3) is 0 Å². The molecular weight excluding hydrogens is 196 g/mol. The first-order valence-corrected chi connectivity index (χ1v) is 7.01. The predicted octanol–water partition coefficient (Wildman–Crippen LogP) is 2.48. The van der Waals surface area contributed by atoms with Gasteiger partial charge in [0, 0.05) is 25.2 Å². The summed E-state index contributed by atoms with van der Waals surface area (Å²) in [5.74, 6) is 2.57. The molecule has 0 aromatic heterocycles. The van der Waals surface area contributed by atoms with Crippen LogP contribution in [0.4, 0.5) is 0 Å². The summed E-state index contributed by atoms with van der Waals surface area (Å²) in [4.78, 5) is 2.73. The van der Waals surface area contributed by atoms with Crippen molar-refractivity contribution in [2.45, 2.75) is 52.0 Å². The van der Waals surface area contributed by atoms with E-state index in [1.165, 1.54) is 38.8 Å². The van der Waals surface area contributed by atoms with Crippen LogP contribution in [-0.2, 0) is 0 Å². The van der Waals surface area contributed by atoms with E-state index in [1.54, 1.807) is 0 Å². The van der Waals surface area contributed by atoms with Crippen LogP contribution in [0.25, 0.3) is 0 Å². The van der Waals surface area contributed by atoms with Crippen molar-refractivity contribution < 1.29 is 0 Å². The fourth-order valence-corrected chi connectivity index (χ4v) is 4.02. The van der Waals surface area contributed by atoms with E-state index in [4.69, 9.17) is 5.73 Å². The predicted molar refractivity (Wildman–Crippen MR) is 69.3 cm³/mol. The maximum atomic E-state index is 6.11. The zero-order chi connectivity index (χ0) is 11.8. The Kier molecular flexibility index (Phi) is 3.60. The highest BCUT2D eigenvalue weighted by Crippen LogP contribution is 2.40. The molecule has 94 valence electrons. The fourth-order valence-electron chi connectivity index (χ4n) is 4.02. The Balaban J connectivity index is 2.09. The van der Waals surface area contributed by atoms with Crippen molar-refractivity contribution in [3.05, 3.63) is 0 Å². The summed E-state index contributed by atoms with van der Waals surface area (Å²) in [6, 6.07) is 0. The topological polar surface area (TPSA) is 29.3 Å². The number of hydrogen-bond acceptors (Lipinski definition) is 2. The lowest BCUT2D eigenvalue weighted by Gasteiger charge is -2.47. The van der Waals surface area contributed by atoms with Gasteiger partial charge in [-0.1, -0.05) is 20.8 Å². The van der Waals surface area contributed by atoms with Crippen molar-refractivity contribution in [2.75, 3.05) is 19.6 Å². The molecule has 0 bridgehead atoms. The van der Waals surface area contributed by atoms with E-state index in [0.29, 0.717) is 5.54 Å². The van der Waals surface area contributed by atoms with Gasteiger partial charge in [-0.05, 0) is 43.4 Å². The Morgan fingerprint density at radius 1 is 1.12 bits per heavy atom. The minimum absolute atomic E-state index is 0.350. The Morgan fingerprint density at radius 2 is 1.75 bits per heavy atom. The number of nitrogens with zero attached hydrogens (tertiary/aromatic N) is 1. The van der Waals surface area contributed by atoms with Crippen molar-refractivity contribution in [2.24, 2.45) is 23.5 Å². The normalized spacial score (nSPS) is 46.1. The van der Waals surface area contributed by atoms with Crippen molar-refractivity contribution in [1.82, 2.24) is 4.90 Å². The first-order chi connectivity index (χ1) is 7.55. The maximum absolute atomic E-state index is 6.11. The molecule has 1 heterocycles. The highest BCUT2D eigenvalue weighted by molar-refractivity contribution is 4.99. The van der Waals surface area contributed by atoms with Crippen LogP contribution in [0.3, 0.4) is 0 Å². The lowest BCUT2D eigenvalue weighted by molar-refractivity contribution is 0.0305. The molecule has 0 radical (unpaired) electrons. The Hall–Kier alpha value is -0.0800. The summed E-state index contributed by atoms with van der Waals surface area (Å²) >= 11 is 0. The monoisotopic (exact) mass is 224 g/mol. The van der Waals surface area contributed by atoms with Gasteiger partial charge in [0.2, 0.25) is 0 Å². The summed E-state index contributed by atoms with van der Waals surface area (Å²) < 4.78 is 0. The van der Waals surface area contributed by atoms with E-state index in [9.17, 15) is 0 Å². The van der Waals surface area contributed by atoms with Crippen LogP contribution in [0, 0.1) is 17.8 Å². The summed E-state index contributed by atoms with van der Waals surface area (Å²) in [7, 11) is 0. The Morgan fingerprint density at radius 3 is 2.19 bits per heavy atom. The van der Waals surface area contributed by atoms with Crippen LogP contribution in [0.2, 0.25) is 0 Å². The molecule has 2 aliphatic rings. The summed E-state index contributed by atoms with van der Waals surface area (Å²) in [5, 5.41) is 0. The molecule has 2 nitrogen and oxygen atoms in total. The van der Waals surface area contributed by atoms with Crippen LogP contribution in [-0.4, -0.2) is 30.1 Å². The first-order valence-electron chi connectivity index (χ1n) is 7.01. The average Bonchev–Trinajstić information content (AvgIpc) is 2.60. The van der Waals surface area contributed by atoms with Crippen LogP contribution >= 0.6 is 0 Å². The minimum atomic E-state index is 0.350. The molecule has 16 heavy (non-hydrogen) atoms. The van der Waals surface area contributed by atoms with E-state index in [0.717, 1.165) is 24.3 Å². The molecule has 1 saturated heterocycles. The highest BCUT2D eigenvalue weighted by Gasteiger charge is 2.43. The number of hydrogen-bond donors (Lipinski definition) is 1. The van der Waals surface area contributed by atoms with Crippen molar-refractivity contribution in [1.29, 1.82) is 0 Å². The fraction of sp³-hybridized carbons (Fsp3) is 1.00. The molecule has 2 rings (SSSR count). The summed E-state index contributed by atoms with van der Waals surface area (Å²) in [5.41, 5.74) is 6.46. The third-order valence-electron chi connectivity index (χ3n) is 4.75. The quantitative estimate of drug-likeness (QED) is 0.781. The molecule has 0 aromatic rings. The van der Waals surface area contributed by atoms with Crippen molar-refractivity contribution in [3.63, 3.8) is 0 Å². The van der Waals surface area contributed by atoms with Crippen molar-refractivity contribution >= 4 is 0 Å². The largest absolute Gasteiger partial charge is 0.329 e. The molecule has 4 unspecified atom stereocenters. The van der Waals surface area contributed by atoms with Crippen LogP contribution < -0.4 is 5.73 Å². The second-order valence-electron chi connectivity index (χ2n) is 6.63. The number of nitrogens with two attached hydrogens (primary N) is 1. The molecule has 1 aliphatic carbocycles. The van der Waals surface area contributed by atoms with E-state index >= 15 is 0 Å². The van der Waals surface area contributed by atoms with Gasteiger partial charge in [0.1, 0.15) is 0 Å². The second kappa shape index (κ2) is 4.66. The van der Waals surface area contributed by atoms with E-state index in [-0.39, 0.29) is 0 Å². The van der Waals surface area contributed by atoms with Gasteiger partial charge in [-0.15, -0.1) is 0 Å². The van der Waals surface area contributed by atoms with Gasteiger partial charge in [0.15, 0.2) is 0 Å². The number of piperidine rings is 1. The molecule has 2 heteroatoms. The number of likely N-dealkylation sites (tertiary alicyclic amines) is 1. The molecule has 4 atom stereocenters. The smallest absolute Gasteiger partial charge is 0.0334 e. The van der Waals surface area contributed by atoms with Gasteiger partial charge in [-0.25, -0.2) is 0 Å². The standard InChI is InChI=1S/C14H28N2/c1-11-4-5-14(7-11,10-15)16-8-12(2)6-13(3)9-16/h11-13H,4-10,15H2,1-3H3. The van der Waals surface area contributed by atoms with Crippen LogP contribution in [0.1, 0.15) is 46.5 Å². The van der Waals surface area contributed by atoms with E-state index in [2.05, 4.69) is 25.7 Å². The molecule has 0 spiro atoms. The van der Waals surface area contributed by atoms with Gasteiger partial charge in [0.05, 0.1) is 0 Å². The second-order valence-corrected chi connectivity index (χ2v) is 6.63. The number of rotatable bonds is 2. The third-order valence-corrected chi connectivity index (χ3v) is 4.75. The van der Waals surface area contributed by atoms with Crippen LogP contribution in [0.15, 0.2) is 0 Å². The minimum Gasteiger partial charge on any atom is -0.329 e. The average molecular weight is 224 g/mol. The summed E-state index contributed by atoms with van der Waals surface area (Å²) in [6.45, 7) is 10.6. The zero-order valence-electron chi connectivity index (χ0n) is 11.2. The molecule has 1 saturated carbocycles. The lowest BCUT2D eigenvalue weighted by atomic mass is 9.85. The highest BCUT2D eigenvalue weighted by atomic mass is 15.2. The maximum Gasteiger partial charge on any atom is 0.0334 e. The third kappa shape index (κ3) is 2.28. The zero-order valence-corrected chi connectivity index (χ0v) is 11.2.